The lowest BCUT2D eigenvalue weighted by atomic mass is 10.3. The van der Waals surface area contributed by atoms with E-state index in [0.717, 1.165) is 6.42 Å². The number of carbonyl (C=O) groups is 1. The number of ether oxygens (including phenoxy) is 2. The fraction of sp³-hybridized carbons (Fsp3) is 0.909. The zero-order valence-corrected chi connectivity index (χ0v) is 10.5. The van der Waals surface area contributed by atoms with E-state index in [0.29, 0.717) is 19.6 Å². The highest BCUT2D eigenvalue weighted by Crippen LogP contribution is 2.03. The first-order valence-electron chi connectivity index (χ1n) is 5.71. The van der Waals surface area contributed by atoms with Gasteiger partial charge in [-0.15, -0.1) is 0 Å². The van der Waals surface area contributed by atoms with Gasteiger partial charge in [0.25, 0.3) is 0 Å². The highest BCUT2D eigenvalue weighted by Gasteiger charge is 2.12. The Bertz CT molecular complexity index is 183. The molecular formula is C11H22O5. The summed E-state index contributed by atoms with van der Waals surface area (Å²) in [4.78, 5) is 20.4. The van der Waals surface area contributed by atoms with Crippen LogP contribution in [-0.4, -0.2) is 31.6 Å². The molecular weight excluding hydrogens is 212 g/mol. The normalized spacial score (nSPS) is 14.2. The maximum Gasteiger partial charge on any atom is 0.540 e. The zero-order chi connectivity index (χ0) is 12.4. The fourth-order valence-corrected chi connectivity index (χ4v) is 0.830. The van der Waals surface area contributed by atoms with Crippen molar-refractivity contribution in [1.82, 2.24) is 0 Å². The second-order valence-electron chi connectivity index (χ2n) is 3.56. The molecule has 5 heteroatoms. The van der Waals surface area contributed by atoms with Crippen molar-refractivity contribution in [3.8, 4) is 0 Å². The molecule has 16 heavy (non-hydrogen) atoms. The standard InChI is InChI=1S/C11H22O5/c1-5-9(3)14-11(12)16-15-10(4)7-8-13-6-2/h9-10H,5-8H2,1-4H3. The van der Waals surface area contributed by atoms with Gasteiger partial charge in [0.1, 0.15) is 12.2 Å². The SMILES string of the molecule is CCOCCC(C)OOC(=O)OC(C)CC. The summed E-state index contributed by atoms with van der Waals surface area (Å²) in [6.07, 6.45) is 0.267. The minimum Gasteiger partial charge on any atom is -0.429 e. The van der Waals surface area contributed by atoms with Crippen LogP contribution in [0.4, 0.5) is 4.79 Å². The lowest BCUT2D eigenvalue weighted by molar-refractivity contribution is -0.286. The molecule has 0 fully saturated rings. The van der Waals surface area contributed by atoms with E-state index in [1.807, 2.05) is 13.8 Å². The summed E-state index contributed by atoms with van der Waals surface area (Å²) >= 11 is 0. The van der Waals surface area contributed by atoms with Crippen molar-refractivity contribution in [2.24, 2.45) is 0 Å². The van der Waals surface area contributed by atoms with E-state index in [2.05, 4.69) is 4.89 Å². The molecule has 0 aliphatic heterocycles. The van der Waals surface area contributed by atoms with Crippen LogP contribution in [-0.2, 0) is 19.2 Å². The van der Waals surface area contributed by atoms with Gasteiger partial charge < -0.3 is 9.47 Å². The molecule has 2 unspecified atom stereocenters. The molecule has 0 spiro atoms. The highest BCUT2D eigenvalue weighted by atomic mass is 17.2. The molecule has 0 aliphatic carbocycles. The summed E-state index contributed by atoms with van der Waals surface area (Å²) in [5.74, 6) is 0. The van der Waals surface area contributed by atoms with Gasteiger partial charge in [0.2, 0.25) is 0 Å². The Balaban J connectivity index is 3.51. The Morgan fingerprint density at radius 2 is 1.88 bits per heavy atom. The van der Waals surface area contributed by atoms with E-state index in [1.165, 1.54) is 0 Å². The van der Waals surface area contributed by atoms with Gasteiger partial charge in [-0.3, -0.25) is 4.89 Å². The Hall–Kier alpha value is -0.810. The van der Waals surface area contributed by atoms with Crippen LogP contribution in [0, 0.1) is 0 Å². The number of carbonyl (C=O) groups excluding carboxylic acids is 1. The van der Waals surface area contributed by atoms with Crippen molar-refractivity contribution in [1.29, 1.82) is 0 Å². The van der Waals surface area contributed by atoms with Gasteiger partial charge in [-0.25, -0.2) is 4.79 Å². The van der Waals surface area contributed by atoms with Gasteiger partial charge in [0.15, 0.2) is 0 Å². The van der Waals surface area contributed by atoms with Gasteiger partial charge >= 0.3 is 6.16 Å². The molecule has 0 radical (unpaired) electrons. The lowest BCUT2D eigenvalue weighted by Crippen LogP contribution is -2.19. The molecule has 0 amide bonds. The van der Waals surface area contributed by atoms with Crippen LogP contribution < -0.4 is 0 Å². The molecule has 2 atom stereocenters. The Labute approximate surface area is 96.9 Å². The lowest BCUT2D eigenvalue weighted by Gasteiger charge is -2.13. The average molecular weight is 234 g/mol. The van der Waals surface area contributed by atoms with Gasteiger partial charge in [-0.2, -0.15) is 4.89 Å². The molecule has 0 aromatic rings. The topological polar surface area (TPSA) is 54.0 Å². The largest absolute Gasteiger partial charge is 0.540 e. The highest BCUT2D eigenvalue weighted by molar-refractivity contribution is 5.59. The molecule has 0 heterocycles. The van der Waals surface area contributed by atoms with Crippen LogP contribution in [0.25, 0.3) is 0 Å². The van der Waals surface area contributed by atoms with Gasteiger partial charge in [0, 0.05) is 19.6 Å². The molecule has 0 bridgehead atoms. The Morgan fingerprint density at radius 3 is 2.44 bits per heavy atom. The van der Waals surface area contributed by atoms with E-state index < -0.39 is 6.16 Å². The maximum absolute atomic E-state index is 11.0. The van der Waals surface area contributed by atoms with Crippen LogP contribution in [0.1, 0.15) is 40.5 Å². The molecule has 5 nitrogen and oxygen atoms in total. The van der Waals surface area contributed by atoms with Crippen molar-refractivity contribution in [2.75, 3.05) is 13.2 Å². The van der Waals surface area contributed by atoms with E-state index in [1.54, 1.807) is 13.8 Å². The molecule has 0 aromatic heterocycles. The third-order valence-corrected chi connectivity index (χ3v) is 2.03. The summed E-state index contributed by atoms with van der Waals surface area (Å²) in [6.45, 7) is 8.69. The van der Waals surface area contributed by atoms with E-state index in [-0.39, 0.29) is 12.2 Å². The van der Waals surface area contributed by atoms with Crippen LogP contribution >= 0.6 is 0 Å². The quantitative estimate of drug-likeness (QED) is 0.280. The summed E-state index contributed by atoms with van der Waals surface area (Å²) in [6, 6.07) is 0. The Kier molecular flexibility index (Phi) is 8.94. The zero-order valence-electron chi connectivity index (χ0n) is 10.5. The van der Waals surface area contributed by atoms with Crippen molar-refractivity contribution in [3.63, 3.8) is 0 Å². The van der Waals surface area contributed by atoms with Gasteiger partial charge in [-0.1, -0.05) is 6.92 Å². The maximum atomic E-state index is 11.0. The first-order chi connectivity index (χ1) is 7.60. The number of hydrogen-bond acceptors (Lipinski definition) is 5. The molecule has 0 saturated carbocycles. The molecule has 0 aliphatic rings. The predicted octanol–water partition coefficient (Wildman–Crippen LogP) is 2.68. The summed E-state index contributed by atoms with van der Waals surface area (Å²) in [7, 11) is 0. The summed E-state index contributed by atoms with van der Waals surface area (Å²) in [5.41, 5.74) is 0. The van der Waals surface area contributed by atoms with Crippen molar-refractivity contribution < 1.29 is 24.0 Å². The Morgan fingerprint density at radius 1 is 1.19 bits per heavy atom. The summed E-state index contributed by atoms with van der Waals surface area (Å²) < 4.78 is 10.00. The van der Waals surface area contributed by atoms with E-state index in [4.69, 9.17) is 14.4 Å². The minimum absolute atomic E-state index is 0.158. The van der Waals surface area contributed by atoms with Gasteiger partial charge in [-0.05, 0) is 27.2 Å². The molecule has 96 valence electrons. The smallest absolute Gasteiger partial charge is 0.429 e. The fourth-order valence-electron chi connectivity index (χ4n) is 0.830. The minimum atomic E-state index is -0.794. The van der Waals surface area contributed by atoms with Crippen molar-refractivity contribution in [3.05, 3.63) is 0 Å². The predicted molar refractivity (Wildman–Crippen MR) is 59.0 cm³/mol. The summed E-state index contributed by atoms with van der Waals surface area (Å²) in [5, 5.41) is 0. The van der Waals surface area contributed by atoms with Crippen molar-refractivity contribution in [2.45, 2.75) is 52.7 Å². The van der Waals surface area contributed by atoms with E-state index in [9.17, 15) is 4.79 Å². The third kappa shape index (κ3) is 8.49. The second kappa shape index (κ2) is 9.42. The van der Waals surface area contributed by atoms with Gasteiger partial charge in [0.05, 0.1) is 0 Å². The van der Waals surface area contributed by atoms with Crippen LogP contribution in [0.5, 0.6) is 0 Å². The second-order valence-corrected chi connectivity index (χ2v) is 3.56. The third-order valence-electron chi connectivity index (χ3n) is 2.03. The first-order valence-corrected chi connectivity index (χ1v) is 5.71. The molecule has 0 N–H and O–H groups in total. The first kappa shape index (κ1) is 15.2. The average Bonchev–Trinajstić information content (AvgIpc) is 2.26. The molecule has 0 saturated heterocycles. The van der Waals surface area contributed by atoms with E-state index >= 15 is 0 Å². The van der Waals surface area contributed by atoms with Crippen LogP contribution in [0.2, 0.25) is 0 Å². The van der Waals surface area contributed by atoms with Crippen molar-refractivity contribution >= 4 is 6.16 Å². The van der Waals surface area contributed by atoms with Crippen LogP contribution in [0.15, 0.2) is 0 Å². The molecule has 0 aromatic carbocycles. The van der Waals surface area contributed by atoms with Crippen LogP contribution in [0.3, 0.4) is 0 Å². The number of hydrogen-bond donors (Lipinski definition) is 0. The monoisotopic (exact) mass is 234 g/mol. The number of rotatable bonds is 8. The molecule has 0 rings (SSSR count).